The van der Waals surface area contributed by atoms with E-state index in [1.54, 1.807) is 0 Å². The Labute approximate surface area is 204 Å². The third-order valence-corrected chi connectivity index (χ3v) is 8.59. The van der Waals surface area contributed by atoms with Crippen LogP contribution in [0.15, 0.2) is 12.4 Å². The van der Waals surface area contributed by atoms with Crippen molar-refractivity contribution in [2.24, 2.45) is 10.8 Å². The molecule has 5 aliphatic rings. The highest BCUT2D eigenvalue weighted by Gasteiger charge is 2.59. The molecule has 0 bridgehead atoms. The summed E-state index contributed by atoms with van der Waals surface area (Å²) in [7, 11) is 0. The van der Waals surface area contributed by atoms with Crippen molar-refractivity contribution in [3.8, 4) is 5.88 Å². The Balaban J connectivity index is 0.840. The molecule has 36 heavy (non-hydrogen) atoms. The molecule has 2 N–H and O–H groups in total. The molecule has 10 nitrogen and oxygen atoms in total. The number of rotatable bonds is 4. The first-order valence-electron chi connectivity index (χ1n) is 12.3. The quantitative estimate of drug-likeness (QED) is 0.655. The molecule has 0 aromatic carbocycles. The van der Waals surface area contributed by atoms with E-state index in [2.05, 4.69) is 25.1 Å². The number of aromatic nitrogens is 5. The summed E-state index contributed by atoms with van der Waals surface area (Å²) >= 11 is 0. The van der Waals surface area contributed by atoms with Gasteiger partial charge in [-0.2, -0.15) is 13.2 Å². The fourth-order valence-corrected chi connectivity index (χ4v) is 6.40. The average molecular weight is 506 g/mol. The SMILES string of the molecule is O=C(N1CC2(CC(Oc3cnc(C(F)(F)F)cn3)C2)C1)N1CC2(CC(c3nnc(C4(O)CC4)[nH]3)C2)C1. The second kappa shape index (κ2) is 7.08. The minimum absolute atomic E-state index is 0.0411. The number of carbonyl (C=O) groups is 1. The first-order chi connectivity index (χ1) is 17.0. The van der Waals surface area contributed by atoms with Crippen LogP contribution in [0.5, 0.6) is 5.88 Å². The number of H-pyrrole nitrogens is 1. The standard InChI is InChI=1S/C23H26F3N7O3/c24-23(25,26)15-7-28-16(8-27-15)36-14-5-21(6-14)11-33(12-21)19(34)32-9-20(10-32)3-13(4-20)17-29-18(31-30-17)22(35)1-2-22/h7-8,13-14,35H,1-6,9-12H2,(H,29,30,31). The van der Waals surface area contributed by atoms with Crippen LogP contribution in [0.1, 0.15) is 61.8 Å². The van der Waals surface area contributed by atoms with Crippen LogP contribution in [-0.4, -0.2) is 78.4 Å². The summed E-state index contributed by atoms with van der Waals surface area (Å²) in [6.45, 7) is 2.88. The summed E-state index contributed by atoms with van der Waals surface area (Å²) in [4.78, 5) is 26.9. The van der Waals surface area contributed by atoms with Gasteiger partial charge in [-0.05, 0) is 38.5 Å². The van der Waals surface area contributed by atoms with Gasteiger partial charge in [-0.15, -0.1) is 10.2 Å². The van der Waals surface area contributed by atoms with Crippen molar-refractivity contribution in [2.75, 3.05) is 26.2 Å². The maximum atomic E-state index is 12.9. The summed E-state index contributed by atoms with van der Waals surface area (Å²) in [6.07, 6.45) is 1.94. The third kappa shape index (κ3) is 3.53. The van der Waals surface area contributed by atoms with Gasteiger partial charge in [0, 0.05) is 42.9 Å². The molecule has 2 aromatic rings. The van der Waals surface area contributed by atoms with E-state index in [0.29, 0.717) is 31.0 Å². The van der Waals surface area contributed by atoms with Crippen molar-refractivity contribution < 1.29 is 27.8 Å². The first-order valence-corrected chi connectivity index (χ1v) is 12.3. The van der Waals surface area contributed by atoms with Crippen LogP contribution in [0, 0.1) is 10.8 Å². The largest absolute Gasteiger partial charge is 0.473 e. The van der Waals surface area contributed by atoms with E-state index >= 15 is 0 Å². The maximum Gasteiger partial charge on any atom is 0.434 e. The highest BCUT2D eigenvalue weighted by Crippen LogP contribution is 2.57. The number of carbonyl (C=O) groups excluding carboxylic acids is 1. The number of hydrogen-bond acceptors (Lipinski definition) is 7. The van der Waals surface area contributed by atoms with Crippen LogP contribution in [0.25, 0.3) is 0 Å². The summed E-state index contributed by atoms with van der Waals surface area (Å²) in [6, 6.07) is 0.0746. The molecule has 3 saturated carbocycles. The van der Waals surface area contributed by atoms with Gasteiger partial charge in [-0.1, -0.05) is 0 Å². The molecule has 2 aliphatic heterocycles. The predicted molar refractivity (Wildman–Crippen MR) is 116 cm³/mol. The van der Waals surface area contributed by atoms with E-state index in [1.165, 1.54) is 0 Å². The van der Waals surface area contributed by atoms with Gasteiger partial charge in [0.25, 0.3) is 0 Å². The highest BCUT2D eigenvalue weighted by atomic mass is 19.4. The predicted octanol–water partition coefficient (Wildman–Crippen LogP) is 2.44. The zero-order valence-electron chi connectivity index (χ0n) is 19.5. The second-order valence-corrected chi connectivity index (χ2v) is 11.6. The smallest absolute Gasteiger partial charge is 0.434 e. The molecule has 2 amide bonds. The number of amides is 2. The number of halogens is 3. The van der Waals surface area contributed by atoms with Crippen LogP contribution >= 0.6 is 0 Å². The van der Waals surface area contributed by atoms with Crippen molar-refractivity contribution in [2.45, 2.75) is 62.3 Å². The second-order valence-electron chi connectivity index (χ2n) is 11.6. The Kier molecular flexibility index (Phi) is 4.38. The van der Waals surface area contributed by atoms with E-state index in [1.807, 2.05) is 9.80 Å². The van der Waals surface area contributed by atoms with Crippen LogP contribution in [-0.2, 0) is 11.8 Å². The zero-order chi connectivity index (χ0) is 24.9. The summed E-state index contributed by atoms with van der Waals surface area (Å²) in [5.74, 6) is 1.81. The van der Waals surface area contributed by atoms with Crippen LogP contribution in [0.2, 0.25) is 0 Å². The number of ether oxygens (including phenoxy) is 1. The molecule has 0 radical (unpaired) electrons. The van der Waals surface area contributed by atoms with E-state index in [4.69, 9.17) is 4.74 Å². The minimum atomic E-state index is -4.52. The molecule has 13 heteroatoms. The molecule has 2 spiro atoms. The lowest BCUT2D eigenvalue weighted by molar-refractivity contribution is -0.141. The van der Waals surface area contributed by atoms with Crippen molar-refractivity contribution in [1.82, 2.24) is 34.9 Å². The van der Waals surface area contributed by atoms with Crippen LogP contribution < -0.4 is 4.74 Å². The molecular formula is C23H26F3N7O3. The van der Waals surface area contributed by atoms with Crippen molar-refractivity contribution in [3.05, 3.63) is 29.7 Å². The lowest BCUT2D eigenvalue weighted by Gasteiger charge is -2.62. The van der Waals surface area contributed by atoms with Crippen LogP contribution in [0.3, 0.4) is 0 Å². The van der Waals surface area contributed by atoms with Crippen molar-refractivity contribution in [3.63, 3.8) is 0 Å². The van der Waals surface area contributed by atoms with E-state index in [0.717, 1.165) is 63.6 Å². The molecule has 3 aliphatic carbocycles. The minimum Gasteiger partial charge on any atom is -0.473 e. The van der Waals surface area contributed by atoms with Gasteiger partial charge in [0.15, 0.2) is 11.5 Å². The molecule has 2 saturated heterocycles. The number of aliphatic hydroxyl groups is 1. The van der Waals surface area contributed by atoms with E-state index in [-0.39, 0.29) is 28.8 Å². The summed E-state index contributed by atoms with van der Waals surface area (Å²) in [5, 5.41) is 18.5. The molecule has 0 unspecified atom stereocenters. The van der Waals surface area contributed by atoms with Crippen molar-refractivity contribution in [1.29, 1.82) is 0 Å². The van der Waals surface area contributed by atoms with Gasteiger partial charge in [0.05, 0.1) is 12.4 Å². The topological polar surface area (TPSA) is 120 Å². The molecular weight excluding hydrogens is 479 g/mol. The third-order valence-electron chi connectivity index (χ3n) is 8.59. The van der Waals surface area contributed by atoms with Gasteiger partial charge in [-0.3, -0.25) is 0 Å². The van der Waals surface area contributed by atoms with Gasteiger partial charge in [0.1, 0.15) is 17.5 Å². The zero-order valence-corrected chi connectivity index (χ0v) is 19.5. The van der Waals surface area contributed by atoms with Crippen molar-refractivity contribution >= 4 is 6.03 Å². The molecule has 0 atom stereocenters. The Morgan fingerprint density at radius 3 is 2.19 bits per heavy atom. The van der Waals surface area contributed by atoms with Gasteiger partial charge in [0.2, 0.25) is 5.88 Å². The average Bonchev–Trinajstić information content (AvgIpc) is 3.27. The monoisotopic (exact) mass is 505 g/mol. The molecule has 7 rings (SSSR count). The Hall–Kier alpha value is -2.96. The summed E-state index contributed by atoms with van der Waals surface area (Å²) in [5.41, 5.74) is -1.63. The fourth-order valence-electron chi connectivity index (χ4n) is 6.40. The lowest BCUT2D eigenvalue weighted by Crippen LogP contribution is -2.71. The van der Waals surface area contributed by atoms with E-state index in [9.17, 15) is 23.1 Å². The molecule has 192 valence electrons. The number of urea groups is 1. The molecule has 4 heterocycles. The number of likely N-dealkylation sites (tertiary alicyclic amines) is 2. The number of nitrogens with one attached hydrogen (secondary N) is 1. The number of alkyl halides is 3. The fraction of sp³-hybridized carbons (Fsp3) is 0.696. The number of nitrogens with zero attached hydrogens (tertiary/aromatic N) is 6. The maximum absolute atomic E-state index is 12.9. The number of hydrogen-bond donors (Lipinski definition) is 2. The Bertz CT molecular complexity index is 1180. The first kappa shape index (κ1) is 22.3. The van der Waals surface area contributed by atoms with Crippen LogP contribution in [0.4, 0.5) is 18.0 Å². The highest BCUT2D eigenvalue weighted by molar-refractivity contribution is 5.77. The lowest BCUT2D eigenvalue weighted by atomic mass is 9.57. The number of aromatic amines is 1. The van der Waals surface area contributed by atoms with Gasteiger partial charge < -0.3 is 24.6 Å². The van der Waals surface area contributed by atoms with Gasteiger partial charge in [-0.25, -0.2) is 14.8 Å². The normalized spacial score (nSPS) is 25.7. The van der Waals surface area contributed by atoms with Gasteiger partial charge >= 0.3 is 12.2 Å². The van der Waals surface area contributed by atoms with E-state index < -0.39 is 17.5 Å². The summed E-state index contributed by atoms with van der Waals surface area (Å²) < 4.78 is 43.5. The molecule has 5 fully saturated rings. The Morgan fingerprint density at radius 1 is 1.00 bits per heavy atom. The Morgan fingerprint density at radius 2 is 1.64 bits per heavy atom. The molecule has 2 aromatic heterocycles.